The van der Waals surface area contributed by atoms with Crippen LogP contribution >= 0.6 is 0 Å². The van der Waals surface area contributed by atoms with Gasteiger partial charge in [-0.2, -0.15) is 0 Å². The van der Waals surface area contributed by atoms with Gasteiger partial charge in [-0.25, -0.2) is 0 Å². The Morgan fingerprint density at radius 3 is 2.81 bits per heavy atom. The van der Waals surface area contributed by atoms with Crippen LogP contribution in [0.25, 0.3) is 0 Å². The number of likely N-dealkylation sites (N-methyl/N-ethyl adjacent to an activating group) is 1. The van der Waals surface area contributed by atoms with E-state index in [2.05, 4.69) is 25.8 Å². The predicted octanol–water partition coefficient (Wildman–Crippen LogP) is 2.63. The molecule has 0 bridgehead atoms. The molecule has 0 saturated carbocycles. The van der Waals surface area contributed by atoms with Gasteiger partial charge >= 0.3 is 0 Å². The van der Waals surface area contributed by atoms with Crippen LogP contribution in [0, 0.1) is 0 Å². The van der Waals surface area contributed by atoms with Gasteiger partial charge in [-0.05, 0) is 33.2 Å². The van der Waals surface area contributed by atoms with Crippen LogP contribution in [0.4, 0.5) is 0 Å². The van der Waals surface area contributed by atoms with E-state index in [1.807, 2.05) is 0 Å². The molecule has 0 N–H and O–H groups in total. The SMILES string of the molecule is [B]C(C)CCCC1CCC(C)(COC)N1C. The van der Waals surface area contributed by atoms with Crippen LogP contribution < -0.4 is 0 Å². The van der Waals surface area contributed by atoms with E-state index in [4.69, 9.17) is 12.6 Å². The summed E-state index contributed by atoms with van der Waals surface area (Å²) in [6.07, 6.45) is 6.22. The van der Waals surface area contributed by atoms with Crippen molar-refractivity contribution in [2.24, 2.45) is 0 Å². The van der Waals surface area contributed by atoms with Crippen molar-refractivity contribution in [3.05, 3.63) is 0 Å². The maximum Gasteiger partial charge on any atom is 0.0695 e. The number of hydrogen-bond acceptors (Lipinski definition) is 2. The molecule has 0 aromatic heterocycles. The highest BCUT2D eigenvalue weighted by molar-refractivity contribution is 6.11. The Morgan fingerprint density at radius 1 is 1.56 bits per heavy atom. The van der Waals surface area contributed by atoms with Crippen LogP contribution in [-0.2, 0) is 4.74 Å². The first kappa shape index (κ1) is 14.0. The summed E-state index contributed by atoms with van der Waals surface area (Å²) in [5.41, 5.74) is 0.244. The zero-order valence-corrected chi connectivity index (χ0v) is 11.3. The van der Waals surface area contributed by atoms with Gasteiger partial charge < -0.3 is 4.74 Å². The van der Waals surface area contributed by atoms with E-state index < -0.39 is 0 Å². The first-order chi connectivity index (χ1) is 7.49. The standard InChI is InChI=1S/C13H26BNO/c1-11(14)6-5-7-12-8-9-13(2,10-16-4)15(12)3/h11-12H,5-10H2,1-4H3. The fraction of sp³-hybridized carbons (Fsp3) is 1.00. The molecule has 16 heavy (non-hydrogen) atoms. The molecule has 3 heteroatoms. The fourth-order valence-electron chi connectivity index (χ4n) is 2.79. The summed E-state index contributed by atoms with van der Waals surface area (Å²) >= 11 is 0. The third-order valence-electron chi connectivity index (χ3n) is 4.07. The summed E-state index contributed by atoms with van der Waals surface area (Å²) in [4.78, 5) is 2.51. The highest BCUT2D eigenvalue weighted by Gasteiger charge is 2.39. The van der Waals surface area contributed by atoms with Crippen LogP contribution in [0.1, 0.15) is 46.0 Å². The van der Waals surface area contributed by atoms with Crippen molar-refractivity contribution < 1.29 is 4.74 Å². The van der Waals surface area contributed by atoms with E-state index in [-0.39, 0.29) is 5.54 Å². The minimum Gasteiger partial charge on any atom is -0.383 e. The second kappa shape index (κ2) is 6.06. The summed E-state index contributed by atoms with van der Waals surface area (Å²) in [6, 6.07) is 0.721. The Morgan fingerprint density at radius 2 is 2.25 bits per heavy atom. The van der Waals surface area contributed by atoms with Gasteiger partial charge in [0.1, 0.15) is 0 Å². The zero-order valence-electron chi connectivity index (χ0n) is 11.3. The number of likely N-dealkylation sites (tertiary alicyclic amines) is 1. The summed E-state index contributed by atoms with van der Waals surface area (Å²) in [5, 5.41) is 0. The van der Waals surface area contributed by atoms with Crippen molar-refractivity contribution in [3.63, 3.8) is 0 Å². The molecule has 1 rings (SSSR count). The van der Waals surface area contributed by atoms with Crippen LogP contribution in [0.5, 0.6) is 0 Å². The molecule has 1 saturated heterocycles. The minimum atomic E-state index is 0.244. The average Bonchev–Trinajstić information content (AvgIpc) is 2.46. The van der Waals surface area contributed by atoms with E-state index >= 15 is 0 Å². The molecule has 1 aliphatic heterocycles. The third-order valence-corrected chi connectivity index (χ3v) is 4.07. The largest absolute Gasteiger partial charge is 0.383 e. The Labute approximate surface area is 102 Å². The molecule has 0 aromatic carbocycles. The van der Waals surface area contributed by atoms with E-state index in [1.165, 1.54) is 25.7 Å². The van der Waals surface area contributed by atoms with Crippen molar-refractivity contribution in [3.8, 4) is 0 Å². The normalized spacial score (nSPS) is 33.1. The topological polar surface area (TPSA) is 12.5 Å². The van der Waals surface area contributed by atoms with Crippen LogP contribution in [0.15, 0.2) is 0 Å². The molecular formula is C13H26BNO. The molecule has 1 heterocycles. The van der Waals surface area contributed by atoms with Gasteiger partial charge in [0, 0.05) is 18.7 Å². The van der Waals surface area contributed by atoms with Gasteiger partial charge in [-0.15, -0.1) is 0 Å². The number of ether oxygens (including phenoxy) is 1. The molecule has 92 valence electrons. The van der Waals surface area contributed by atoms with Crippen molar-refractivity contribution in [1.82, 2.24) is 4.90 Å². The van der Waals surface area contributed by atoms with E-state index in [1.54, 1.807) is 7.11 Å². The van der Waals surface area contributed by atoms with Gasteiger partial charge in [-0.1, -0.05) is 25.6 Å². The van der Waals surface area contributed by atoms with E-state index in [0.717, 1.165) is 19.1 Å². The van der Waals surface area contributed by atoms with E-state index in [9.17, 15) is 0 Å². The van der Waals surface area contributed by atoms with Gasteiger partial charge in [0.25, 0.3) is 0 Å². The summed E-state index contributed by atoms with van der Waals surface area (Å²) in [7, 11) is 9.81. The lowest BCUT2D eigenvalue weighted by Gasteiger charge is -2.35. The van der Waals surface area contributed by atoms with Crippen molar-refractivity contribution in [2.45, 2.75) is 63.3 Å². The van der Waals surface area contributed by atoms with Crippen LogP contribution in [0.3, 0.4) is 0 Å². The summed E-state index contributed by atoms with van der Waals surface area (Å²) < 4.78 is 5.33. The van der Waals surface area contributed by atoms with Gasteiger partial charge in [-0.3, -0.25) is 4.90 Å². The van der Waals surface area contributed by atoms with Crippen molar-refractivity contribution in [1.29, 1.82) is 0 Å². The first-order valence-corrected chi connectivity index (χ1v) is 6.47. The first-order valence-electron chi connectivity index (χ1n) is 6.47. The lowest BCUT2D eigenvalue weighted by Crippen LogP contribution is -2.45. The molecular weight excluding hydrogens is 197 g/mol. The van der Waals surface area contributed by atoms with Crippen LogP contribution in [0.2, 0.25) is 5.82 Å². The molecule has 0 spiro atoms. The molecule has 1 aliphatic rings. The molecule has 2 nitrogen and oxygen atoms in total. The van der Waals surface area contributed by atoms with Crippen molar-refractivity contribution in [2.75, 3.05) is 20.8 Å². The minimum absolute atomic E-state index is 0.244. The molecule has 3 unspecified atom stereocenters. The monoisotopic (exact) mass is 223 g/mol. The summed E-state index contributed by atoms with van der Waals surface area (Å²) in [6.45, 7) is 5.24. The molecule has 1 fully saturated rings. The molecule has 0 aromatic rings. The third kappa shape index (κ3) is 3.49. The average molecular weight is 223 g/mol. The van der Waals surface area contributed by atoms with Crippen LogP contribution in [-0.4, -0.2) is 45.1 Å². The number of hydrogen-bond donors (Lipinski definition) is 0. The number of rotatable bonds is 6. The maximum absolute atomic E-state index is 5.78. The van der Waals surface area contributed by atoms with Gasteiger partial charge in [0.15, 0.2) is 0 Å². The maximum atomic E-state index is 5.78. The Hall–Kier alpha value is -0.0151. The van der Waals surface area contributed by atoms with Gasteiger partial charge in [0.05, 0.1) is 14.5 Å². The lowest BCUT2D eigenvalue weighted by atomic mass is 9.84. The Bertz CT molecular complexity index is 210. The molecule has 0 aliphatic carbocycles. The Balaban J connectivity index is 2.35. The second-order valence-corrected chi connectivity index (χ2v) is 5.64. The Kier molecular flexibility index (Phi) is 5.32. The van der Waals surface area contributed by atoms with E-state index in [0.29, 0.717) is 5.82 Å². The highest BCUT2D eigenvalue weighted by atomic mass is 16.5. The smallest absolute Gasteiger partial charge is 0.0695 e. The van der Waals surface area contributed by atoms with Gasteiger partial charge in [0.2, 0.25) is 0 Å². The summed E-state index contributed by atoms with van der Waals surface area (Å²) in [5.74, 6) is 0.345. The van der Waals surface area contributed by atoms with Crippen molar-refractivity contribution >= 4 is 7.85 Å². The lowest BCUT2D eigenvalue weighted by molar-refractivity contribution is 0.0479. The fourth-order valence-corrected chi connectivity index (χ4v) is 2.79. The second-order valence-electron chi connectivity index (χ2n) is 5.64. The number of methoxy groups -OCH3 is 1. The molecule has 3 atom stereocenters. The highest BCUT2D eigenvalue weighted by Crippen LogP contribution is 2.34. The molecule has 2 radical (unpaired) electrons. The number of nitrogens with zero attached hydrogens (tertiary/aromatic N) is 1. The predicted molar refractivity (Wildman–Crippen MR) is 70.1 cm³/mol. The quantitative estimate of drug-likeness (QED) is 0.642. The zero-order chi connectivity index (χ0) is 12.2. The molecule has 0 amide bonds.